The Labute approximate surface area is 158 Å². The number of thiocarbonyl (C=S) groups is 1. The van der Waals surface area contributed by atoms with Gasteiger partial charge in [-0.15, -0.1) is 0 Å². The van der Waals surface area contributed by atoms with Crippen LogP contribution in [0.1, 0.15) is 38.2 Å². The van der Waals surface area contributed by atoms with Crippen LogP contribution in [0.2, 0.25) is 0 Å². The molecule has 26 heavy (non-hydrogen) atoms. The molecular formula is C20H23F2N3S. The number of halogens is 2. The van der Waals surface area contributed by atoms with E-state index in [9.17, 15) is 8.78 Å². The van der Waals surface area contributed by atoms with Crippen LogP contribution in [0, 0.1) is 11.6 Å². The largest absolute Gasteiger partial charge is 0.367 e. The number of anilines is 3. The third-order valence-electron chi connectivity index (χ3n) is 4.53. The lowest BCUT2D eigenvalue weighted by Gasteiger charge is -2.20. The van der Waals surface area contributed by atoms with Crippen molar-refractivity contribution in [3.05, 3.63) is 53.6 Å². The van der Waals surface area contributed by atoms with Crippen LogP contribution in [0.25, 0.3) is 0 Å². The topological polar surface area (TPSA) is 27.3 Å². The summed E-state index contributed by atoms with van der Waals surface area (Å²) in [4.78, 5) is 1.75. The maximum absolute atomic E-state index is 14.4. The third kappa shape index (κ3) is 4.30. The van der Waals surface area contributed by atoms with Crippen molar-refractivity contribution in [2.24, 2.45) is 0 Å². The molecule has 3 rings (SSSR count). The first-order chi connectivity index (χ1) is 12.4. The Morgan fingerprint density at radius 1 is 0.962 bits per heavy atom. The van der Waals surface area contributed by atoms with Crippen LogP contribution in [0.3, 0.4) is 0 Å². The van der Waals surface area contributed by atoms with E-state index in [1.807, 2.05) is 24.3 Å². The van der Waals surface area contributed by atoms with Crippen molar-refractivity contribution >= 4 is 34.4 Å². The van der Waals surface area contributed by atoms with Crippen LogP contribution in [0.4, 0.5) is 25.8 Å². The summed E-state index contributed by atoms with van der Waals surface area (Å²) in [6.07, 6.45) is 1.92. The van der Waals surface area contributed by atoms with Gasteiger partial charge < -0.3 is 15.5 Å². The van der Waals surface area contributed by atoms with E-state index >= 15 is 0 Å². The maximum Gasteiger partial charge on any atom is 0.175 e. The van der Waals surface area contributed by atoms with Gasteiger partial charge in [-0.05, 0) is 60.8 Å². The summed E-state index contributed by atoms with van der Waals surface area (Å²) in [6, 6.07) is 10.5. The minimum absolute atomic E-state index is 0.0520. The normalized spacial score (nSPS) is 14.0. The molecule has 0 radical (unpaired) electrons. The second kappa shape index (κ2) is 7.99. The van der Waals surface area contributed by atoms with Crippen LogP contribution in [-0.2, 0) is 0 Å². The predicted octanol–water partition coefficient (Wildman–Crippen LogP) is 5.50. The quantitative estimate of drug-likeness (QED) is 0.690. The molecule has 2 N–H and O–H groups in total. The van der Waals surface area contributed by atoms with E-state index in [1.165, 1.54) is 17.7 Å². The maximum atomic E-state index is 14.4. The average Bonchev–Trinajstić information content (AvgIpc) is 3.08. The number of rotatable bonds is 4. The van der Waals surface area contributed by atoms with Crippen LogP contribution < -0.4 is 15.5 Å². The summed E-state index contributed by atoms with van der Waals surface area (Å²) < 4.78 is 28.7. The van der Waals surface area contributed by atoms with Gasteiger partial charge in [0.2, 0.25) is 0 Å². The zero-order valence-corrected chi connectivity index (χ0v) is 15.8. The summed E-state index contributed by atoms with van der Waals surface area (Å²) in [5.74, 6) is -0.689. The van der Waals surface area contributed by atoms with Crippen molar-refractivity contribution in [2.45, 2.75) is 32.6 Å². The van der Waals surface area contributed by atoms with Gasteiger partial charge in [0.15, 0.2) is 16.7 Å². The molecule has 1 fully saturated rings. The molecule has 3 nitrogen and oxygen atoms in total. The van der Waals surface area contributed by atoms with E-state index in [2.05, 4.69) is 24.5 Å². The SMILES string of the molecule is CC(C)c1ccc(NC(=S)Nc2cc(F)c(N3CCCC3)c(F)c2)cc1. The van der Waals surface area contributed by atoms with E-state index in [-0.39, 0.29) is 10.8 Å². The van der Waals surface area contributed by atoms with Gasteiger partial charge in [0.05, 0.1) is 0 Å². The van der Waals surface area contributed by atoms with Gasteiger partial charge in [-0.2, -0.15) is 0 Å². The second-order valence-electron chi connectivity index (χ2n) is 6.84. The molecule has 0 aromatic heterocycles. The third-order valence-corrected chi connectivity index (χ3v) is 4.74. The number of hydrogen-bond donors (Lipinski definition) is 2. The molecule has 2 aromatic rings. The minimum atomic E-state index is -0.571. The minimum Gasteiger partial charge on any atom is -0.367 e. The van der Waals surface area contributed by atoms with Gasteiger partial charge in [-0.1, -0.05) is 26.0 Å². The zero-order chi connectivity index (χ0) is 18.7. The Balaban J connectivity index is 1.67. The smallest absolute Gasteiger partial charge is 0.175 e. The highest BCUT2D eigenvalue weighted by Crippen LogP contribution is 2.29. The average molecular weight is 375 g/mol. The fraction of sp³-hybridized carbons (Fsp3) is 0.350. The lowest BCUT2D eigenvalue weighted by atomic mass is 10.0. The molecular weight excluding hydrogens is 352 g/mol. The second-order valence-corrected chi connectivity index (χ2v) is 7.25. The molecule has 0 amide bonds. The number of nitrogens with one attached hydrogen (secondary N) is 2. The van der Waals surface area contributed by atoms with Gasteiger partial charge in [-0.25, -0.2) is 8.78 Å². The summed E-state index contributed by atoms with van der Waals surface area (Å²) in [5, 5.41) is 6.17. The van der Waals surface area contributed by atoms with Gasteiger partial charge in [0.25, 0.3) is 0 Å². The highest BCUT2D eigenvalue weighted by molar-refractivity contribution is 7.80. The molecule has 1 aliphatic rings. The van der Waals surface area contributed by atoms with Crippen molar-refractivity contribution < 1.29 is 8.78 Å². The molecule has 138 valence electrons. The Morgan fingerprint density at radius 3 is 2.04 bits per heavy atom. The molecule has 0 bridgehead atoms. The predicted molar refractivity (Wildman–Crippen MR) is 108 cm³/mol. The molecule has 2 aromatic carbocycles. The molecule has 0 atom stereocenters. The molecule has 6 heteroatoms. The van der Waals surface area contributed by atoms with Crippen molar-refractivity contribution in [3.8, 4) is 0 Å². The van der Waals surface area contributed by atoms with Crippen LogP contribution in [-0.4, -0.2) is 18.2 Å². The highest BCUT2D eigenvalue weighted by atomic mass is 32.1. The Bertz CT molecular complexity index is 761. The van der Waals surface area contributed by atoms with Crippen LogP contribution >= 0.6 is 12.2 Å². The van der Waals surface area contributed by atoms with Crippen molar-refractivity contribution in [3.63, 3.8) is 0 Å². The first-order valence-electron chi connectivity index (χ1n) is 8.86. The van der Waals surface area contributed by atoms with E-state index in [1.54, 1.807) is 4.90 Å². The van der Waals surface area contributed by atoms with Crippen molar-refractivity contribution in [1.29, 1.82) is 0 Å². The molecule has 1 aliphatic heterocycles. The lowest BCUT2D eigenvalue weighted by molar-refractivity contribution is 0.579. The van der Waals surface area contributed by atoms with Gasteiger partial charge in [0.1, 0.15) is 5.69 Å². The van der Waals surface area contributed by atoms with Crippen LogP contribution in [0.5, 0.6) is 0 Å². The standard InChI is InChI=1S/C20H23F2N3S/c1-13(2)14-5-7-15(8-6-14)23-20(26)24-16-11-17(21)19(18(22)12-16)25-9-3-4-10-25/h5-8,11-13H,3-4,9-10H2,1-2H3,(H2,23,24,26). The molecule has 1 saturated heterocycles. The Morgan fingerprint density at radius 2 is 1.50 bits per heavy atom. The van der Waals surface area contributed by atoms with Gasteiger partial charge in [-0.3, -0.25) is 0 Å². The Hall–Kier alpha value is -2.21. The number of benzene rings is 2. The van der Waals surface area contributed by atoms with E-state index in [0.29, 0.717) is 24.7 Å². The molecule has 0 unspecified atom stereocenters. The van der Waals surface area contributed by atoms with Crippen molar-refractivity contribution in [2.75, 3.05) is 28.6 Å². The Kier molecular flexibility index (Phi) is 5.71. The highest BCUT2D eigenvalue weighted by Gasteiger charge is 2.21. The summed E-state index contributed by atoms with van der Waals surface area (Å²) in [7, 11) is 0. The zero-order valence-electron chi connectivity index (χ0n) is 15.0. The lowest BCUT2D eigenvalue weighted by Crippen LogP contribution is -2.22. The molecule has 0 spiro atoms. The molecule has 1 heterocycles. The van der Waals surface area contributed by atoms with E-state index in [0.717, 1.165) is 18.5 Å². The molecule has 0 saturated carbocycles. The van der Waals surface area contributed by atoms with Gasteiger partial charge in [0, 0.05) is 24.5 Å². The first-order valence-corrected chi connectivity index (χ1v) is 9.27. The summed E-state index contributed by atoms with van der Waals surface area (Å²) >= 11 is 5.25. The fourth-order valence-corrected chi connectivity index (χ4v) is 3.36. The monoisotopic (exact) mass is 375 g/mol. The fourth-order valence-electron chi connectivity index (χ4n) is 3.13. The van der Waals surface area contributed by atoms with Gasteiger partial charge >= 0.3 is 0 Å². The summed E-state index contributed by atoms with van der Waals surface area (Å²) in [6.45, 7) is 5.63. The van der Waals surface area contributed by atoms with Crippen molar-refractivity contribution in [1.82, 2.24) is 0 Å². The number of hydrogen-bond acceptors (Lipinski definition) is 2. The van der Waals surface area contributed by atoms with E-state index in [4.69, 9.17) is 12.2 Å². The number of nitrogens with zero attached hydrogens (tertiary/aromatic N) is 1. The van der Waals surface area contributed by atoms with Crippen LogP contribution in [0.15, 0.2) is 36.4 Å². The molecule has 0 aliphatic carbocycles. The van der Waals surface area contributed by atoms with E-state index < -0.39 is 11.6 Å². The first kappa shape index (κ1) is 18.6. The summed E-state index contributed by atoms with van der Waals surface area (Å²) in [5.41, 5.74) is 2.40.